The fourth-order valence-corrected chi connectivity index (χ4v) is 3.26. The van der Waals surface area contributed by atoms with E-state index in [1.165, 1.54) is 11.0 Å². The van der Waals surface area contributed by atoms with Crippen LogP contribution in [-0.4, -0.2) is 60.2 Å². The Bertz CT molecular complexity index is 913. The molecule has 8 heteroatoms. The van der Waals surface area contributed by atoms with E-state index >= 15 is 0 Å². The Morgan fingerprint density at radius 3 is 2.17 bits per heavy atom. The molecule has 1 N–H and O–H groups in total. The Morgan fingerprint density at radius 1 is 0.833 bits per heavy atom. The normalized spacial score (nSPS) is 13.8. The predicted molar refractivity (Wildman–Crippen MR) is 107 cm³/mol. The van der Waals surface area contributed by atoms with Crippen LogP contribution in [0.3, 0.4) is 0 Å². The molecule has 1 heterocycles. The second-order valence-corrected chi connectivity index (χ2v) is 7.03. The molecule has 0 aromatic heterocycles. The molecule has 1 saturated heterocycles. The van der Waals surface area contributed by atoms with Gasteiger partial charge in [0.05, 0.1) is 0 Å². The molecule has 2 aromatic carbocycles. The molecule has 2 aromatic rings. The first-order valence-corrected chi connectivity index (χ1v) is 9.81. The van der Waals surface area contributed by atoms with Crippen LogP contribution < -0.4 is 5.32 Å². The van der Waals surface area contributed by atoms with Crippen LogP contribution in [0.1, 0.15) is 33.6 Å². The molecular weight excluding hydrogens is 392 g/mol. The molecule has 1 aliphatic rings. The van der Waals surface area contributed by atoms with E-state index in [-0.39, 0.29) is 23.3 Å². The number of hydrogen-bond acceptors (Lipinski definition) is 3. The van der Waals surface area contributed by atoms with E-state index in [1.54, 1.807) is 29.2 Å². The number of halogens is 2. The molecule has 0 saturated carbocycles. The highest BCUT2D eigenvalue weighted by Gasteiger charge is 2.25. The van der Waals surface area contributed by atoms with Crippen molar-refractivity contribution in [1.82, 2.24) is 15.1 Å². The summed E-state index contributed by atoms with van der Waals surface area (Å²) < 4.78 is 26.4. The van der Waals surface area contributed by atoms with Crippen LogP contribution >= 0.6 is 0 Å². The lowest BCUT2D eigenvalue weighted by atomic mass is 10.1. The van der Waals surface area contributed by atoms with Crippen LogP contribution in [0.2, 0.25) is 0 Å². The van der Waals surface area contributed by atoms with Crippen molar-refractivity contribution in [2.45, 2.75) is 12.8 Å². The SMILES string of the molecule is O=C(NCCCC(=O)N1CCN(C(=O)c2ccc(F)c(F)c2)CC1)c1ccccc1. The van der Waals surface area contributed by atoms with Gasteiger partial charge in [-0.25, -0.2) is 8.78 Å². The molecule has 0 radical (unpaired) electrons. The summed E-state index contributed by atoms with van der Waals surface area (Å²) in [5.74, 6) is -2.66. The van der Waals surface area contributed by atoms with Crippen molar-refractivity contribution in [3.05, 3.63) is 71.3 Å². The topological polar surface area (TPSA) is 69.7 Å². The molecule has 6 nitrogen and oxygen atoms in total. The van der Waals surface area contributed by atoms with E-state index in [1.807, 2.05) is 6.07 Å². The van der Waals surface area contributed by atoms with Gasteiger partial charge in [0, 0.05) is 50.3 Å². The highest BCUT2D eigenvalue weighted by atomic mass is 19.2. The summed E-state index contributed by atoms with van der Waals surface area (Å²) in [5, 5.41) is 2.79. The van der Waals surface area contributed by atoms with Gasteiger partial charge < -0.3 is 15.1 Å². The summed E-state index contributed by atoms with van der Waals surface area (Å²) in [6, 6.07) is 11.9. The minimum Gasteiger partial charge on any atom is -0.352 e. The van der Waals surface area contributed by atoms with Crippen molar-refractivity contribution >= 4 is 17.7 Å². The highest BCUT2D eigenvalue weighted by molar-refractivity contribution is 5.94. The number of piperazine rings is 1. The minimum atomic E-state index is -1.06. The fourth-order valence-electron chi connectivity index (χ4n) is 3.26. The zero-order chi connectivity index (χ0) is 21.5. The standard InChI is InChI=1S/C22H23F2N3O3/c23-18-9-8-17(15-19(18)24)22(30)27-13-11-26(12-14-27)20(28)7-4-10-25-21(29)16-5-2-1-3-6-16/h1-3,5-6,8-9,15H,4,7,10-14H2,(H,25,29). The molecule has 30 heavy (non-hydrogen) atoms. The summed E-state index contributed by atoms with van der Waals surface area (Å²) >= 11 is 0. The van der Waals surface area contributed by atoms with E-state index in [2.05, 4.69) is 5.32 Å². The summed E-state index contributed by atoms with van der Waals surface area (Å²) in [7, 11) is 0. The van der Waals surface area contributed by atoms with Crippen LogP contribution in [0.5, 0.6) is 0 Å². The van der Waals surface area contributed by atoms with Crippen molar-refractivity contribution in [2.75, 3.05) is 32.7 Å². The van der Waals surface area contributed by atoms with Crippen LogP contribution in [0, 0.1) is 11.6 Å². The first kappa shape index (κ1) is 21.4. The van der Waals surface area contributed by atoms with E-state index in [4.69, 9.17) is 0 Å². The molecule has 0 aliphatic carbocycles. The van der Waals surface area contributed by atoms with Crippen molar-refractivity contribution in [3.63, 3.8) is 0 Å². The molecular formula is C22H23F2N3O3. The molecule has 158 valence electrons. The summed E-state index contributed by atoms with van der Waals surface area (Å²) in [6.07, 6.45) is 0.817. The lowest BCUT2D eigenvalue weighted by molar-refractivity contribution is -0.132. The average molecular weight is 415 g/mol. The van der Waals surface area contributed by atoms with Gasteiger partial charge in [0.1, 0.15) is 0 Å². The lowest BCUT2D eigenvalue weighted by Crippen LogP contribution is -2.50. The number of rotatable bonds is 6. The van der Waals surface area contributed by atoms with Crippen LogP contribution in [0.4, 0.5) is 8.78 Å². The van der Waals surface area contributed by atoms with E-state index in [0.717, 1.165) is 12.1 Å². The molecule has 1 fully saturated rings. The van der Waals surface area contributed by atoms with Crippen molar-refractivity contribution < 1.29 is 23.2 Å². The van der Waals surface area contributed by atoms with Gasteiger partial charge in [-0.1, -0.05) is 18.2 Å². The van der Waals surface area contributed by atoms with Crippen LogP contribution in [-0.2, 0) is 4.79 Å². The molecule has 3 amide bonds. The van der Waals surface area contributed by atoms with Crippen LogP contribution in [0.25, 0.3) is 0 Å². The molecule has 1 aliphatic heterocycles. The smallest absolute Gasteiger partial charge is 0.254 e. The van der Waals surface area contributed by atoms with Crippen molar-refractivity contribution in [1.29, 1.82) is 0 Å². The maximum Gasteiger partial charge on any atom is 0.254 e. The summed E-state index contributed by atoms with van der Waals surface area (Å²) in [4.78, 5) is 39.9. The molecule has 0 atom stereocenters. The maximum atomic E-state index is 13.3. The first-order valence-electron chi connectivity index (χ1n) is 9.81. The van der Waals surface area contributed by atoms with Crippen LogP contribution in [0.15, 0.2) is 48.5 Å². The van der Waals surface area contributed by atoms with Gasteiger partial charge in [-0.15, -0.1) is 0 Å². The second-order valence-electron chi connectivity index (χ2n) is 7.03. The third kappa shape index (κ3) is 5.40. The monoisotopic (exact) mass is 415 g/mol. The van der Waals surface area contributed by atoms with Gasteiger partial charge in [0.15, 0.2) is 11.6 Å². The number of amides is 3. The Balaban J connectivity index is 1.39. The third-order valence-electron chi connectivity index (χ3n) is 4.98. The maximum absolute atomic E-state index is 13.3. The van der Waals surface area contributed by atoms with Gasteiger partial charge in [-0.2, -0.15) is 0 Å². The summed E-state index contributed by atoms with van der Waals surface area (Å²) in [6.45, 7) is 1.81. The number of carbonyl (C=O) groups is 3. The number of carbonyl (C=O) groups excluding carboxylic acids is 3. The number of hydrogen-bond donors (Lipinski definition) is 1. The third-order valence-corrected chi connectivity index (χ3v) is 4.98. The first-order chi connectivity index (χ1) is 14.5. The minimum absolute atomic E-state index is 0.0381. The molecule has 0 unspecified atom stereocenters. The Labute approximate surface area is 173 Å². The zero-order valence-electron chi connectivity index (χ0n) is 16.4. The van der Waals surface area contributed by atoms with E-state index in [9.17, 15) is 23.2 Å². The van der Waals surface area contributed by atoms with E-state index in [0.29, 0.717) is 51.1 Å². The Morgan fingerprint density at radius 2 is 1.50 bits per heavy atom. The number of nitrogens with one attached hydrogen (secondary N) is 1. The second kappa shape index (κ2) is 9.96. The lowest BCUT2D eigenvalue weighted by Gasteiger charge is -2.35. The fraction of sp³-hybridized carbons (Fsp3) is 0.318. The van der Waals surface area contributed by atoms with Crippen molar-refractivity contribution in [2.24, 2.45) is 0 Å². The summed E-state index contributed by atoms with van der Waals surface area (Å²) in [5.41, 5.74) is 0.661. The van der Waals surface area contributed by atoms with E-state index < -0.39 is 11.6 Å². The van der Waals surface area contributed by atoms with Gasteiger partial charge in [-0.05, 0) is 36.8 Å². The number of nitrogens with zero attached hydrogens (tertiary/aromatic N) is 2. The molecule has 0 spiro atoms. The van der Waals surface area contributed by atoms with Gasteiger partial charge >= 0.3 is 0 Å². The Kier molecular flexibility index (Phi) is 7.11. The number of benzene rings is 2. The molecule has 3 rings (SSSR count). The molecule has 0 bridgehead atoms. The zero-order valence-corrected chi connectivity index (χ0v) is 16.4. The van der Waals surface area contributed by atoms with Gasteiger partial charge in [0.2, 0.25) is 5.91 Å². The largest absolute Gasteiger partial charge is 0.352 e. The predicted octanol–water partition coefficient (Wildman–Crippen LogP) is 2.46. The average Bonchev–Trinajstić information content (AvgIpc) is 2.78. The van der Waals surface area contributed by atoms with Crippen molar-refractivity contribution in [3.8, 4) is 0 Å². The van der Waals surface area contributed by atoms with Gasteiger partial charge in [-0.3, -0.25) is 14.4 Å². The Hall–Kier alpha value is -3.29. The highest BCUT2D eigenvalue weighted by Crippen LogP contribution is 2.13. The van der Waals surface area contributed by atoms with Gasteiger partial charge in [0.25, 0.3) is 11.8 Å². The quantitative estimate of drug-likeness (QED) is 0.737.